The summed E-state index contributed by atoms with van der Waals surface area (Å²) in [6.45, 7) is 0.326. The van der Waals surface area contributed by atoms with E-state index in [-0.39, 0.29) is 5.69 Å². The van der Waals surface area contributed by atoms with Crippen LogP contribution in [0.15, 0.2) is 48.8 Å². The number of carbonyl (C=O) groups is 1. The van der Waals surface area contributed by atoms with Crippen molar-refractivity contribution in [2.45, 2.75) is 6.54 Å². The van der Waals surface area contributed by atoms with Gasteiger partial charge in [0.25, 0.3) is 0 Å². The molecule has 3 aromatic rings. The predicted molar refractivity (Wildman–Crippen MR) is 73.6 cm³/mol. The molecule has 21 heavy (non-hydrogen) atoms. The second kappa shape index (κ2) is 5.49. The van der Waals surface area contributed by atoms with E-state index in [1.54, 1.807) is 30.6 Å². The summed E-state index contributed by atoms with van der Waals surface area (Å²) in [4.78, 5) is 19.7. The zero-order valence-electron chi connectivity index (χ0n) is 10.9. The lowest BCUT2D eigenvalue weighted by Gasteiger charge is -2.06. The molecule has 3 rings (SSSR count). The van der Waals surface area contributed by atoms with Crippen LogP contribution in [0.2, 0.25) is 0 Å². The maximum Gasteiger partial charge on any atom is 0.358 e. The summed E-state index contributed by atoms with van der Waals surface area (Å²) in [5, 5.41) is 16.9. The van der Waals surface area contributed by atoms with Crippen molar-refractivity contribution in [3.05, 3.63) is 60.2 Å². The quantitative estimate of drug-likeness (QED) is 0.778. The minimum absolute atomic E-state index is 0.121. The number of aromatic nitrogens is 5. The zero-order chi connectivity index (χ0) is 14.7. The molecule has 0 atom stereocenters. The van der Waals surface area contributed by atoms with E-state index < -0.39 is 5.97 Å². The van der Waals surface area contributed by atoms with Crippen molar-refractivity contribution in [3.63, 3.8) is 0 Å². The first-order valence-corrected chi connectivity index (χ1v) is 6.24. The van der Waals surface area contributed by atoms with Crippen molar-refractivity contribution in [1.29, 1.82) is 0 Å². The molecular formula is C14H11N5O2. The summed E-state index contributed by atoms with van der Waals surface area (Å²) in [6, 6.07) is 10.8. The summed E-state index contributed by atoms with van der Waals surface area (Å²) in [6.07, 6.45) is 3.27. The van der Waals surface area contributed by atoms with E-state index in [1.165, 1.54) is 4.68 Å². The van der Waals surface area contributed by atoms with Gasteiger partial charge in [-0.05, 0) is 24.3 Å². The summed E-state index contributed by atoms with van der Waals surface area (Å²) in [5.41, 5.74) is 1.52. The summed E-state index contributed by atoms with van der Waals surface area (Å²) < 4.78 is 1.49. The number of pyridine rings is 2. The monoisotopic (exact) mass is 281 g/mol. The third kappa shape index (κ3) is 2.62. The Kier molecular flexibility index (Phi) is 3.38. The molecule has 1 N–H and O–H groups in total. The molecule has 0 bridgehead atoms. The van der Waals surface area contributed by atoms with Crippen LogP contribution >= 0.6 is 0 Å². The normalized spacial score (nSPS) is 10.5. The SMILES string of the molecule is O=C(O)c1nnn(Cc2ccccn2)c1-c1ccccn1. The van der Waals surface area contributed by atoms with Gasteiger partial charge in [0.1, 0.15) is 5.69 Å². The van der Waals surface area contributed by atoms with Crippen LogP contribution in [0, 0.1) is 0 Å². The molecule has 0 unspecified atom stereocenters. The van der Waals surface area contributed by atoms with Gasteiger partial charge in [0.05, 0.1) is 17.9 Å². The third-order valence-corrected chi connectivity index (χ3v) is 2.88. The molecule has 0 saturated heterocycles. The van der Waals surface area contributed by atoms with Gasteiger partial charge in [0.15, 0.2) is 5.69 Å². The lowest BCUT2D eigenvalue weighted by Crippen LogP contribution is -2.07. The van der Waals surface area contributed by atoms with Gasteiger partial charge in [0.2, 0.25) is 0 Å². The number of nitrogens with zero attached hydrogens (tertiary/aromatic N) is 5. The lowest BCUT2D eigenvalue weighted by atomic mass is 10.2. The van der Waals surface area contributed by atoms with Crippen molar-refractivity contribution in [2.24, 2.45) is 0 Å². The van der Waals surface area contributed by atoms with Crippen LogP contribution in [0.1, 0.15) is 16.2 Å². The second-order valence-corrected chi connectivity index (χ2v) is 4.29. The fraction of sp³-hybridized carbons (Fsp3) is 0.0714. The van der Waals surface area contributed by atoms with E-state index in [9.17, 15) is 9.90 Å². The number of carboxylic acid groups (broad SMARTS) is 1. The first kappa shape index (κ1) is 12.9. The average Bonchev–Trinajstić information content (AvgIpc) is 2.93. The van der Waals surface area contributed by atoms with Gasteiger partial charge in [0, 0.05) is 12.4 Å². The number of hydrogen-bond donors (Lipinski definition) is 1. The van der Waals surface area contributed by atoms with Crippen molar-refractivity contribution in [2.75, 3.05) is 0 Å². The lowest BCUT2D eigenvalue weighted by molar-refractivity contribution is 0.0691. The fourth-order valence-electron chi connectivity index (χ4n) is 1.97. The second-order valence-electron chi connectivity index (χ2n) is 4.29. The first-order valence-electron chi connectivity index (χ1n) is 6.24. The van der Waals surface area contributed by atoms with Crippen LogP contribution < -0.4 is 0 Å². The highest BCUT2D eigenvalue weighted by Crippen LogP contribution is 2.20. The molecule has 0 aliphatic heterocycles. The van der Waals surface area contributed by atoms with Gasteiger partial charge in [-0.15, -0.1) is 5.10 Å². The highest BCUT2D eigenvalue weighted by Gasteiger charge is 2.21. The third-order valence-electron chi connectivity index (χ3n) is 2.88. The molecule has 0 radical (unpaired) electrons. The highest BCUT2D eigenvalue weighted by atomic mass is 16.4. The van der Waals surface area contributed by atoms with E-state index in [0.717, 1.165) is 5.69 Å². The summed E-state index contributed by atoms with van der Waals surface area (Å²) in [5.74, 6) is -1.14. The van der Waals surface area contributed by atoms with E-state index >= 15 is 0 Å². The molecule has 104 valence electrons. The number of aromatic carboxylic acids is 1. The molecule has 3 heterocycles. The molecule has 3 aromatic heterocycles. The van der Waals surface area contributed by atoms with Gasteiger partial charge in [-0.2, -0.15) is 0 Å². The predicted octanol–water partition coefficient (Wildman–Crippen LogP) is 1.48. The molecule has 7 nitrogen and oxygen atoms in total. The number of carboxylic acids is 1. The molecule has 0 aliphatic carbocycles. The van der Waals surface area contributed by atoms with Crippen LogP contribution in [0.3, 0.4) is 0 Å². The maximum atomic E-state index is 11.3. The van der Waals surface area contributed by atoms with E-state index in [0.29, 0.717) is 17.9 Å². The summed E-state index contributed by atoms with van der Waals surface area (Å²) in [7, 11) is 0. The Labute approximate surface area is 119 Å². The molecule has 0 aliphatic rings. The van der Waals surface area contributed by atoms with Crippen LogP contribution in [-0.4, -0.2) is 36.0 Å². The number of rotatable bonds is 4. The van der Waals surface area contributed by atoms with Crippen LogP contribution in [0.4, 0.5) is 0 Å². The molecule has 0 aromatic carbocycles. The molecule has 0 amide bonds. The van der Waals surface area contributed by atoms with Gasteiger partial charge < -0.3 is 5.11 Å². The van der Waals surface area contributed by atoms with Crippen molar-refractivity contribution in [1.82, 2.24) is 25.0 Å². The smallest absolute Gasteiger partial charge is 0.358 e. The van der Waals surface area contributed by atoms with E-state index in [2.05, 4.69) is 20.3 Å². The number of hydrogen-bond acceptors (Lipinski definition) is 5. The van der Waals surface area contributed by atoms with Crippen molar-refractivity contribution in [3.8, 4) is 11.4 Å². The molecule has 7 heteroatoms. The van der Waals surface area contributed by atoms with Gasteiger partial charge in [-0.3, -0.25) is 9.97 Å². The van der Waals surface area contributed by atoms with Gasteiger partial charge >= 0.3 is 5.97 Å². The van der Waals surface area contributed by atoms with Gasteiger partial charge in [-0.25, -0.2) is 9.48 Å². The highest BCUT2D eigenvalue weighted by molar-refractivity contribution is 5.92. The Bertz CT molecular complexity index is 756. The van der Waals surface area contributed by atoms with Crippen molar-refractivity contribution >= 4 is 5.97 Å². The van der Waals surface area contributed by atoms with Crippen LogP contribution in [-0.2, 0) is 6.54 Å². The Morgan fingerprint density at radius 3 is 2.48 bits per heavy atom. The molecule has 0 spiro atoms. The topological polar surface area (TPSA) is 93.8 Å². The van der Waals surface area contributed by atoms with Gasteiger partial charge in [-0.1, -0.05) is 17.3 Å². The first-order chi connectivity index (χ1) is 10.3. The Balaban J connectivity index is 2.07. The zero-order valence-corrected chi connectivity index (χ0v) is 10.9. The maximum absolute atomic E-state index is 11.3. The molecular weight excluding hydrogens is 270 g/mol. The molecule has 0 saturated carbocycles. The largest absolute Gasteiger partial charge is 0.476 e. The Morgan fingerprint density at radius 2 is 1.86 bits per heavy atom. The average molecular weight is 281 g/mol. The fourth-order valence-corrected chi connectivity index (χ4v) is 1.97. The van der Waals surface area contributed by atoms with Crippen LogP contribution in [0.5, 0.6) is 0 Å². The minimum Gasteiger partial charge on any atom is -0.476 e. The van der Waals surface area contributed by atoms with Crippen LogP contribution in [0.25, 0.3) is 11.4 Å². The summed E-state index contributed by atoms with van der Waals surface area (Å²) >= 11 is 0. The van der Waals surface area contributed by atoms with Crippen molar-refractivity contribution < 1.29 is 9.90 Å². The Hall–Kier alpha value is -3.09. The minimum atomic E-state index is -1.14. The Morgan fingerprint density at radius 1 is 1.10 bits per heavy atom. The van der Waals surface area contributed by atoms with E-state index in [1.807, 2.05) is 18.2 Å². The molecule has 0 fully saturated rings. The standard InChI is InChI=1S/C14H11N5O2/c20-14(21)12-13(11-6-2-4-8-16-11)19(18-17-12)9-10-5-1-3-7-15-10/h1-8H,9H2,(H,20,21). The van der Waals surface area contributed by atoms with E-state index in [4.69, 9.17) is 0 Å².